The van der Waals surface area contributed by atoms with Gasteiger partial charge in [-0.3, -0.25) is 9.59 Å². The summed E-state index contributed by atoms with van der Waals surface area (Å²) < 4.78 is 0. The minimum absolute atomic E-state index is 0.00478. The Balaban J connectivity index is 1.97. The van der Waals surface area contributed by atoms with Crippen molar-refractivity contribution in [1.82, 2.24) is 10.2 Å². The fraction of sp³-hybridized carbons (Fsp3) is 0.286. The van der Waals surface area contributed by atoms with Crippen molar-refractivity contribution in [2.24, 2.45) is 0 Å². The van der Waals surface area contributed by atoms with Gasteiger partial charge in [0.1, 0.15) is 6.04 Å². The minimum atomic E-state index is -0.671. The molecule has 0 aromatic heterocycles. The van der Waals surface area contributed by atoms with Gasteiger partial charge in [-0.25, -0.2) is 0 Å². The highest BCUT2D eigenvalue weighted by Gasteiger charge is 2.31. The molecule has 2 unspecified atom stereocenters. The second-order valence-electron chi connectivity index (χ2n) is 8.44. The SMILES string of the molecule is CCC(C)NC(=O)C(Cc1ccccc1)N(Cc1ccccc1)C(=O)Cc1ccc(Cl)cc1Cl. The molecule has 3 rings (SSSR count). The van der Waals surface area contributed by atoms with Crippen molar-refractivity contribution in [1.29, 1.82) is 0 Å². The van der Waals surface area contributed by atoms with Crippen LogP contribution in [0.2, 0.25) is 10.0 Å². The van der Waals surface area contributed by atoms with Crippen molar-refractivity contribution in [3.8, 4) is 0 Å². The van der Waals surface area contributed by atoms with E-state index < -0.39 is 6.04 Å². The molecule has 0 bridgehead atoms. The summed E-state index contributed by atoms with van der Waals surface area (Å²) in [5.74, 6) is -0.335. The van der Waals surface area contributed by atoms with Gasteiger partial charge in [0.2, 0.25) is 11.8 Å². The number of amides is 2. The summed E-state index contributed by atoms with van der Waals surface area (Å²) >= 11 is 12.4. The number of nitrogens with zero attached hydrogens (tertiary/aromatic N) is 1. The Labute approximate surface area is 211 Å². The molecular weight excluding hydrogens is 467 g/mol. The fourth-order valence-corrected chi connectivity index (χ4v) is 4.18. The zero-order valence-corrected chi connectivity index (χ0v) is 21.0. The number of benzene rings is 3. The van der Waals surface area contributed by atoms with E-state index in [1.807, 2.05) is 74.5 Å². The molecule has 178 valence electrons. The first-order valence-corrected chi connectivity index (χ1v) is 12.2. The van der Waals surface area contributed by atoms with Crippen LogP contribution in [-0.4, -0.2) is 28.8 Å². The third kappa shape index (κ3) is 7.34. The van der Waals surface area contributed by atoms with E-state index in [-0.39, 0.29) is 24.3 Å². The number of carbonyl (C=O) groups excluding carboxylic acids is 2. The summed E-state index contributed by atoms with van der Waals surface area (Å²) in [5.41, 5.74) is 2.62. The second-order valence-corrected chi connectivity index (χ2v) is 9.29. The molecule has 1 N–H and O–H groups in total. The van der Waals surface area contributed by atoms with E-state index in [9.17, 15) is 9.59 Å². The number of hydrogen-bond donors (Lipinski definition) is 1. The lowest BCUT2D eigenvalue weighted by molar-refractivity contribution is -0.141. The summed E-state index contributed by atoms with van der Waals surface area (Å²) in [6.45, 7) is 4.30. The van der Waals surface area contributed by atoms with Gasteiger partial charge in [0.05, 0.1) is 6.42 Å². The van der Waals surface area contributed by atoms with E-state index in [0.717, 1.165) is 17.5 Å². The normalized spacial score (nSPS) is 12.6. The molecule has 0 saturated carbocycles. The van der Waals surface area contributed by atoms with Gasteiger partial charge in [-0.15, -0.1) is 0 Å². The number of nitrogens with one attached hydrogen (secondary N) is 1. The van der Waals surface area contributed by atoms with E-state index in [4.69, 9.17) is 23.2 Å². The first-order chi connectivity index (χ1) is 16.4. The Bertz CT molecular complexity index is 1090. The highest BCUT2D eigenvalue weighted by atomic mass is 35.5. The Hall–Kier alpha value is -2.82. The van der Waals surface area contributed by atoms with Crippen molar-refractivity contribution in [2.45, 2.75) is 51.7 Å². The molecule has 3 aromatic carbocycles. The molecule has 4 nitrogen and oxygen atoms in total. The third-order valence-corrected chi connectivity index (χ3v) is 6.41. The van der Waals surface area contributed by atoms with Gasteiger partial charge in [-0.05, 0) is 42.2 Å². The molecule has 3 aromatic rings. The van der Waals surface area contributed by atoms with Crippen molar-refractivity contribution < 1.29 is 9.59 Å². The first kappa shape index (κ1) is 25.8. The number of halogens is 2. The van der Waals surface area contributed by atoms with Gasteiger partial charge in [0, 0.05) is 29.1 Å². The molecule has 2 atom stereocenters. The summed E-state index contributed by atoms with van der Waals surface area (Å²) in [5, 5.41) is 4.02. The van der Waals surface area contributed by atoms with Gasteiger partial charge in [0.25, 0.3) is 0 Å². The first-order valence-electron chi connectivity index (χ1n) is 11.5. The topological polar surface area (TPSA) is 49.4 Å². The van der Waals surface area contributed by atoms with Crippen LogP contribution < -0.4 is 5.32 Å². The lowest BCUT2D eigenvalue weighted by Gasteiger charge is -2.32. The predicted octanol–water partition coefficient (Wildman–Crippen LogP) is 6.09. The smallest absolute Gasteiger partial charge is 0.243 e. The Morgan fingerprint density at radius 3 is 2.12 bits per heavy atom. The number of carbonyl (C=O) groups is 2. The molecule has 0 saturated heterocycles. The van der Waals surface area contributed by atoms with Crippen molar-refractivity contribution in [2.75, 3.05) is 0 Å². The number of hydrogen-bond acceptors (Lipinski definition) is 2. The zero-order valence-electron chi connectivity index (χ0n) is 19.5. The quantitative estimate of drug-likeness (QED) is 0.369. The van der Waals surface area contributed by atoms with Crippen LogP contribution in [0.4, 0.5) is 0 Å². The van der Waals surface area contributed by atoms with Crippen LogP contribution in [-0.2, 0) is 29.0 Å². The van der Waals surface area contributed by atoms with Crippen molar-refractivity contribution in [3.63, 3.8) is 0 Å². The Morgan fingerprint density at radius 1 is 0.912 bits per heavy atom. The van der Waals surface area contributed by atoms with E-state index in [0.29, 0.717) is 28.6 Å². The van der Waals surface area contributed by atoms with Crippen LogP contribution in [0.3, 0.4) is 0 Å². The lowest BCUT2D eigenvalue weighted by atomic mass is 10.0. The highest BCUT2D eigenvalue weighted by molar-refractivity contribution is 6.35. The highest BCUT2D eigenvalue weighted by Crippen LogP contribution is 2.23. The predicted molar refractivity (Wildman–Crippen MR) is 139 cm³/mol. The molecule has 2 amide bonds. The summed E-state index contributed by atoms with van der Waals surface area (Å²) in [6.07, 6.45) is 1.29. The largest absolute Gasteiger partial charge is 0.352 e. The Kier molecular flexibility index (Phi) is 9.55. The fourth-order valence-electron chi connectivity index (χ4n) is 3.70. The van der Waals surface area contributed by atoms with Gasteiger partial charge in [-0.2, -0.15) is 0 Å². The second kappa shape index (κ2) is 12.6. The Morgan fingerprint density at radius 2 is 1.53 bits per heavy atom. The van der Waals surface area contributed by atoms with Crippen LogP contribution in [0, 0.1) is 0 Å². The summed E-state index contributed by atoms with van der Waals surface area (Å²) in [4.78, 5) is 28.8. The molecule has 0 spiro atoms. The minimum Gasteiger partial charge on any atom is -0.352 e. The summed E-state index contributed by atoms with van der Waals surface area (Å²) in [6, 6.07) is 23.9. The molecule has 0 aliphatic carbocycles. The maximum Gasteiger partial charge on any atom is 0.243 e. The van der Waals surface area contributed by atoms with Gasteiger partial charge in [-0.1, -0.05) is 96.9 Å². The average Bonchev–Trinajstić information content (AvgIpc) is 2.84. The molecule has 34 heavy (non-hydrogen) atoms. The van der Waals surface area contributed by atoms with Crippen molar-refractivity contribution in [3.05, 3.63) is 106 Å². The molecule has 0 aliphatic heterocycles. The van der Waals surface area contributed by atoms with Gasteiger partial charge >= 0.3 is 0 Å². The molecule has 6 heteroatoms. The van der Waals surface area contributed by atoms with Crippen LogP contribution >= 0.6 is 23.2 Å². The number of rotatable bonds is 10. The maximum atomic E-state index is 13.7. The lowest BCUT2D eigenvalue weighted by Crippen LogP contribution is -2.52. The molecule has 0 radical (unpaired) electrons. The van der Waals surface area contributed by atoms with Crippen LogP contribution in [0.5, 0.6) is 0 Å². The van der Waals surface area contributed by atoms with Gasteiger partial charge in [0.15, 0.2) is 0 Å². The summed E-state index contributed by atoms with van der Waals surface area (Å²) in [7, 11) is 0. The zero-order chi connectivity index (χ0) is 24.5. The van der Waals surface area contributed by atoms with Crippen LogP contribution in [0.1, 0.15) is 37.0 Å². The van der Waals surface area contributed by atoms with Gasteiger partial charge < -0.3 is 10.2 Å². The molecular formula is C28H30Cl2N2O2. The van der Waals surface area contributed by atoms with E-state index in [1.54, 1.807) is 23.1 Å². The molecule has 0 aliphatic rings. The maximum absolute atomic E-state index is 13.7. The van der Waals surface area contributed by atoms with E-state index >= 15 is 0 Å². The monoisotopic (exact) mass is 496 g/mol. The van der Waals surface area contributed by atoms with Crippen LogP contribution in [0.15, 0.2) is 78.9 Å². The van der Waals surface area contributed by atoms with Crippen molar-refractivity contribution >= 4 is 35.0 Å². The van der Waals surface area contributed by atoms with E-state index in [1.165, 1.54) is 0 Å². The molecule has 0 fully saturated rings. The third-order valence-electron chi connectivity index (χ3n) is 5.82. The average molecular weight is 497 g/mol. The van der Waals surface area contributed by atoms with Crippen LogP contribution in [0.25, 0.3) is 0 Å². The van der Waals surface area contributed by atoms with E-state index in [2.05, 4.69) is 5.32 Å². The molecule has 0 heterocycles. The standard InChI is InChI=1S/C28H30Cl2N2O2/c1-3-20(2)31-28(34)26(16-21-10-6-4-7-11-21)32(19-22-12-8-5-9-13-22)27(33)17-23-14-15-24(29)18-25(23)30/h4-15,18,20,26H,3,16-17,19H2,1-2H3,(H,31,34).